The van der Waals surface area contributed by atoms with Crippen LogP contribution in [0.15, 0.2) is 48.8 Å². The Labute approximate surface area is 148 Å². The Morgan fingerprint density at radius 3 is 2.15 bits per heavy atom. The van der Waals surface area contributed by atoms with E-state index in [-0.39, 0.29) is 11.9 Å². The molecule has 26 heavy (non-hydrogen) atoms. The van der Waals surface area contributed by atoms with Gasteiger partial charge in [0.05, 0.1) is 11.0 Å². The van der Waals surface area contributed by atoms with Crippen molar-refractivity contribution in [2.75, 3.05) is 0 Å². The zero-order valence-corrected chi connectivity index (χ0v) is 14.3. The monoisotopic (exact) mass is 348 g/mol. The summed E-state index contributed by atoms with van der Waals surface area (Å²) in [6.45, 7) is 2.75. The van der Waals surface area contributed by atoms with Gasteiger partial charge in [-0.15, -0.1) is 0 Å². The normalized spacial score (nSPS) is 11.0. The second-order valence-corrected chi connectivity index (χ2v) is 5.95. The van der Waals surface area contributed by atoms with E-state index in [2.05, 4.69) is 9.97 Å². The highest BCUT2D eigenvalue weighted by molar-refractivity contribution is 6.07. The molecule has 6 nitrogen and oxygen atoms in total. The van der Waals surface area contributed by atoms with Crippen molar-refractivity contribution in [2.24, 2.45) is 0 Å². The van der Waals surface area contributed by atoms with E-state index in [9.17, 15) is 9.59 Å². The van der Waals surface area contributed by atoms with Crippen molar-refractivity contribution in [3.8, 4) is 22.6 Å². The number of aromatic amines is 2. The highest BCUT2D eigenvalue weighted by Crippen LogP contribution is 2.39. The van der Waals surface area contributed by atoms with Gasteiger partial charge in [-0.1, -0.05) is 12.1 Å². The quantitative estimate of drug-likeness (QED) is 0.430. The van der Waals surface area contributed by atoms with Crippen LogP contribution >= 0.6 is 0 Å². The first-order chi connectivity index (χ1) is 12.5. The summed E-state index contributed by atoms with van der Waals surface area (Å²) in [6, 6.07) is 11.2. The molecule has 0 atom stereocenters. The van der Waals surface area contributed by atoms with Gasteiger partial charge < -0.3 is 19.4 Å². The first kappa shape index (κ1) is 16.0. The van der Waals surface area contributed by atoms with Crippen LogP contribution in [0.1, 0.15) is 13.8 Å². The van der Waals surface area contributed by atoms with E-state index in [1.54, 1.807) is 18.3 Å². The van der Waals surface area contributed by atoms with Crippen LogP contribution in [0.3, 0.4) is 0 Å². The first-order valence-corrected chi connectivity index (χ1v) is 8.12. The molecule has 0 aliphatic rings. The number of para-hydroxylation sites is 1. The van der Waals surface area contributed by atoms with Crippen LogP contribution in [-0.2, 0) is 9.59 Å². The maximum atomic E-state index is 11.3. The van der Waals surface area contributed by atoms with Gasteiger partial charge in [0.25, 0.3) is 0 Å². The van der Waals surface area contributed by atoms with Crippen molar-refractivity contribution in [1.82, 2.24) is 9.97 Å². The molecular formula is C20H16N2O4. The number of benzene rings is 2. The number of aromatic nitrogens is 2. The molecule has 2 aromatic heterocycles. The minimum atomic E-state index is -0.369. The summed E-state index contributed by atoms with van der Waals surface area (Å²) in [5.74, 6) is 0.240. The van der Waals surface area contributed by atoms with Crippen molar-refractivity contribution in [3.05, 3.63) is 48.8 Å². The lowest BCUT2D eigenvalue weighted by Crippen LogP contribution is -2.02. The highest BCUT2D eigenvalue weighted by Gasteiger charge is 2.16. The molecule has 0 unspecified atom stereocenters. The summed E-state index contributed by atoms with van der Waals surface area (Å²) < 4.78 is 10.6. The third-order valence-electron chi connectivity index (χ3n) is 4.16. The third kappa shape index (κ3) is 2.61. The van der Waals surface area contributed by atoms with Crippen LogP contribution in [0.2, 0.25) is 0 Å². The lowest BCUT2D eigenvalue weighted by atomic mass is 10.0. The summed E-state index contributed by atoms with van der Waals surface area (Å²) in [4.78, 5) is 28.9. The number of H-pyrrole nitrogens is 2. The molecule has 0 amide bonds. The molecule has 0 aliphatic carbocycles. The van der Waals surface area contributed by atoms with Crippen molar-refractivity contribution >= 4 is 33.7 Å². The summed E-state index contributed by atoms with van der Waals surface area (Å²) in [7, 11) is 0. The molecule has 130 valence electrons. The fourth-order valence-corrected chi connectivity index (χ4v) is 3.19. The first-order valence-electron chi connectivity index (χ1n) is 8.12. The number of hydrogen-bond acceptors (Lipinski definition) is 4. The smallest absolute Gasteiger partial charge is 0.308 e. The van der Waals surface area contributed by atoms with Crippen LogP contribution in [0.5, 0.6) is 11.5 Å². The van der Waals surface area contributed by atoms with Gasteiger partial charge in [0.15, 0.2) is 11.5 Å². The third-order valence-corrected chi connectivity index (χ3v) is 4.16. The average Bonchev–Trinajstić information content (AvgIpc) is 3.22. The van der Waals surface area contributed by atoms with E-state index >= 15 is 0 Å². The number of rotatable bonds is 3. The topological polar surface area (TPSA) is 84.2 Å². The van der Waals surface area contributed by atoms with Gasteiger partial charge in [-0.3, -0.25) is 9.59 Å². The summed E-state index contributed by atoms with van der Waals surface area (Å²) >= 11 is 0. The number of carbonyl (C=O) groups excluding carboxylic acids is 2. The molecule has 0 saturated carbocycles. The molecule has 6 heteroatoms. The molecule has 0 bridgehead atoms. The Morgan fingerprint density at radius 2 is 1.42 bits per heavy atom. The Bertz CT molecular complexity index is 1150. The molecule has 0 spiro atoms. The molecule has 0 radical (unpaired) electrons. The minimum Gasteiger partial charge on any atom is -0.424 e. The van der Waals surface area contributed by atoms with Crippen LogP contribution in [0.4, 0.5) is 0 Å². The average molecular weight is 348 g/mol. The molecule has 0 saturated heterocycles. The van der Waals surface area contributed by atoms with E-state index in [4.69, 9.17) is 9.47 Å². The number of esters is 2. The summed E-state index contributed by atoms with van der Waals surface area (Å²) in [5, 5.41) is 1.87. The second-order valence-electron chi connectivity index (χ2n) is 5.95. The largest absolute Gasteiger partial charge is 0.424 e. The maximum Gasteiger partial charge on any atom is 0.308 e. The van der Waals surface area contributed by atoms with E-state index in [1.165, 1.54) is 13.8 Å². The van der Waals surface area contributed by atoms with Crippen molar-refractivity contribution in [2.45, 2.75) is 13.8 Å². The molecule has 2 heterocycles. The number of fused-ring (bicyclic) bond motifs is 2. The molecule has 2 N–H and O–H groups in total. The molecule has 4 rings (SSSR count). The summed E-state index contributed by atoms with van der Waals surface area (Å²) in [5.41, 5.74) is 3.45. The number of ether oxygens (including phenoxy) is 2. The molecule has 0 aliphatic heterocycles. The molecular weight excluding hydrogens is 332 g/mol. The van der Waals surface area contributed by atoms with Gasteiger partial charge in [-0.2, -0.15) is 0 Å². The Kier molecular flexibility index (Phi) is 3.73. The van der Waals surface area contributed by atoms with Gasteiger partial charge in [-0.25, -0.2) is 0 Å². The number of carbonyl (C=O) groups is 2. The Balaban J connectivity index is 1.90. The molecule has 2 aromatic carbocycles. The van der Waals surface area contributed by atoms with Crippen LogP contribution in [0.25, 0.3) is 32.9 Å². The minimum absolute atomic E-state index is 0.368. The number of nitrogens with one attached hydrogen (secondary N) is 2. The zero-order chi connectivity index (χ0) is 18.3. The molecule has 4 aromatic rings. The fraction of sp³-hybridized carbons (Fsp3) is 0.100. The standard InChI is InChI=1S/C20H16N2O4/c1-11(23)25-17-5-3-4-14-16(10-22-20(14)17)13-6-7-18(26-12(2)24)19-15(13)8-9-21-19/h3-10,21-22H,1-2H3. The predicted octanol–water partition coefficient (Wildman–Crippen LogP) is 4.17. The highest BCUT2D eigenvalue weighted by atomic mass is 16.5. The maximum absolute atomic E-state index is 11.3. The SMILES string of the molecule is CC(=O)Oc1ccc(-c2c[nH]c3c(OC(C)=O)cccc23)c2cc[nH]c12. The number of hydrogen-bond donors (Lipinski definition) is 2. The zero-order valence-electron chi connectivity index (χ0n) is 14.3. The van der Waals surface area contributed by atoms with Gasteiger partial charge in [0, 0.05) is 42.6 Å². The Hall–Kier alpha value is -3.54. The van der Waals surface area contributed by atoms with E-state index in [0.29, 0.717) is 11.5 Å². The lowest BCUT2D eigenvalue weighted by molar-refractivity contribution is -0.132. The van der Waals surface area contributed by atoms with Crippen LogP contribution in [-0.4, -0.2) is 21.9 Å². The Morgan fingerprint density at radius 1 is 0.769 bits per heavy atom. The summed E-state index contributed by atoms with van der Waals surface area (Å²) in [6.07, 6.45) is 3.69. The van der Waals surface area contributed by atoms with Crippen molar-refractivity contribution in [1.29, 1.82) is 0 Å². The van der Waals surface area contributed by atoms with E-state index in [1.807, 2.05) is 30.5 Å². The van der Waals surface area contributed by atoms with Crippen LogP contribution in [0, 0.1) is 0 Å². The van der Waals surface area contributed by atoms with Crippen molar-refractivity contribution in [3.63, 3.8) is 0 Å². The van der Waals surface area contributed by atoms with Gasteiger partial charge in [0.2, 0.25) is 0 Å². The molecule has 0 fully saturated rings. The van der Waals surface area contributed by atoms with E-state index in [0.717, 1.165) is 32.9 Å². The van der Waals surface area contributed by atoms with Gasteiger partial charge >= 0.3 is 11.9 Å². The fourth-order valence-electron chi connectivity index (χ4n) is 3.19. The lowest BCUT2D eigenvalue weighted by Gasteiger charge is -2.08. The van der Waals surface area contributed by atoms with Gasteiger partial charge in [-0.05, 0) is 29.8 Å². The van der Waals surface area contributed by atoms with Crippen molar-refractivity contribution < 1.29 is 19.1 Å². The second kappa shape index (κ2) is 6.07. The van der Waals surface area contributed by atoms with Crippen LogP contribution < -0.4 is 9.47 Å². The predicted molar refractivity (Wildman–Crippen MR) is 98.2 cm³/mol. The van der Waals surface area contributed by atoms with Gasteiger partial charge in [0.1, 0.15) is 0 Å². The van der Waals surface area contributed by atoms with E-state index < -0.39 is 0 Å².